The lowest BCUT2D eigenvalue weighted by atomic mass is 10.1. The van der Waals surface area contributed by atoms with E-state index in [4.69, 9.17) is 0 Å². The highest BCUT2D eigenvalue weighted by Crippen LogP contribution is 2.16. The first kappa shape index (κ1) is 21.4. The monoisotopic (exact) mass is 426 g/mol. The standard InChI is InChI=1S/C21H26N6O2S/c1-22-21(24-16-18-6-3-4-7-20(18)26-30(2,28)29)23-14-12-17-8-10-19(11-9-17)27-15-5-13-25-27/h3-11,13,15,26H,12,14,16H2,1-2H3,(H2,22,23,24). The summed E-state index contributed by atoms with van der Waals surface area (Å²) in [5.41, 5.74) is 3.62. The number of hydrogen-bond acceptors (Lipinski definition) is 4. The summed E-state index contributed by atoms with van der Waals surface area (Å²) in [7, 11) is -1.63. The molecule has 3 N–H and O–H groups in total. The molecule has 158 valence electrons. The van der Waals surface area contributed by atoms with Crippen LogP contribution in [-0.2, 0) is 23.0 Å². The first-order valence-corrected chi connectivity index (χ1v) is 11.4. The summed E-state index contributed by atoms with van der Waals surface area (Å²) in [5, 5.41) is 10.7. The maximum atomic E-state index is 11.5. The van der Waals surface area contributed by atoms with Gasteiger partial charge in [0.2, 0.25) is 10.0 Å². The molecular weight excluding hydrogens is 400 g/mol. The second-order valence-corrected chi connectivity index (χ2v) is 8.50. The fourth-order valence-corrected chi connectivity index (χ4v) is 3.53. The van der Waals surface area contributed by atoms with Crippen LogP contribution in [0.25, 0.3) is 5.69 Å². The number of rotatable bonds is 8. The van der Waals surface area contributed by atoms with Gasteiger partial charge in [0.25, 0.3) is 0 Å². The summed E-state index contributed by atoms with van der Waals surface area (Å²) in [6.45, 7) is 1.15. The van der Waals surface area contributed by atoms with Crippen molar-refractivity contribution in [2.45, 2.75) is 13.0 Å². The van der Waals surface area contributed by atoms with Crippen LogP contribution in [0, 0.1) is 0 Å². The van der Waals surface area contributed by atoms with Crippen LogP contribution in [0.4, 0.5) is 5.69 Å². The molecule has 0 bridgehead atoms. The molecule has 2 aromatic carbocycles. The molecule has 0 amide bonds. The van der Waals surface area contributed by atoms with Crippen LogP contribution in [0.1, 0.15) is 11.1 Å². The molecule has 0 saturated carbocycles. The van der Waals surface area contributed by atoms with Crippen molar-refractivity contribution in [1.29, 1.82) is 0 Å². The van der Waals surface area contributed by atoms with Crippen LogP contribution in [0.5, 0.6) is 0 Å². The van der Waals surface area contributed by atoms with Crippen molar-refractivity contribution < 1.29 is 8.42 Å². The molecular formula is C21H26N6O2S. The number of para-hydroxylation sites is 1. The highest BCUT2D eigenvalue weighted by Gasteiger charge is 2.07. The predicted molar refractivity (Wildman–Crippen MR) is 120 cm³/mol. The molecule has 1 aromatic heterocycles. The van der Waals surface area contributed by atoms with Gasteiger partial charge in [-0.25, -0.2) is 13.1 Å². The average Bonchev–Trinajstić information content (AvgIpc) is 3.26. The Morgan fingerprint density at radius 3 is 2.50 bits per heavy atom. The molecule has 0 spiro atoms. The van der Waals surface area contributed by atoms with Crippen LogP contribution >= 0.6 is 0 Å². The van der Waals surface area contributed by atoms with Gasteiger partial charge in [0.15, 0.2) is 5.96 Å². The Balaban J connectivity index is 1.50. The van der Waals surface area contributed by atoms with Crippen LogP contribution in [0.15, 0.2) is 72.0 Å². The number of guanidine groups is 1. The molecule has 1 heterocycles. The summed E-state index contributed by atoms with van der Waals surface area (Å²) in [6.07, 6.45) is 5.65. The van der Waals surface area contributed by atoms with E-state index in [0.717, 1.165) is 23.9 Å². The Bertz CT molecular complexity index is 1080. The number of sulfonamides is 1. The van der Waals surface area contributed by atoms with Crippen molar-refractivity contribution in [1.82, 2.24) is 20.4 Å². The van der Waals surface area contributed by atoms with Gasteiger partial charge in [0, 0.05) is 32.5 Å². The molecule has 0 aliphatic heterocycles. The number of nitrogens with one attached hydrogen (secondary N) is 3. The van der Waals surface area contributed by atoms with E-state index in [-0.39, 0.29) is 0 Å². The lowest BCUT2D eigenvalue weighted by molar-refractivity contribution is 0.606. The molecule has 0 aliphatic carbocycles. The van der Waals surface area contributed by atoms with E-state index in [1.54, 1.807) is 25.4 Å². The predicted octanol–water partition coefficient (Wildman–Crippen LogP) is 2.15. The molecule has 3 aromatic rings. The van der Waals surface area contributed by atoms with Gasteiger partial charge in [-0.05, 0) is 41.8 Å². The van der Waals surface area contributed by atoms with Gasteiger partial charge in [-0.2, -0.15) is 5.10 Å². The largest absolute Gasteiger partial charge is 0.356 e. The molecule has 0 aliphatic rings. The van der Waals surface area contributed by atoms with Crippen molar-refractivity contribution in [3.05, 3.63) is 78.1 Å². The molecule has 0 saturated heterocycles. The van der Waals surface area contributed by atoms with Gasteiger partial charge in [0.1, 0.15) is 0 Å². The van der Waals surface area contributed by atoms with E-state index in [1.807, 2.05) is 41.2 Å². The summed E-state index contributed by atoms with van der Waals surface area (Å²) in [5.74, 6) is 0.650. The highest BCUT2D eigenvalue weighted by atomic mass is 32.2. The zero-order valence-corrected chi connectivity index (χ0v) is 17.9. The highest BCUT2D eigenvalue weighted by molar-refractivity contribution is 7.92. The number of aliphatic imine (C=N–C) groups is 1. The molecule has 9 heteroatoms. The maximum Gasteiger partial charge on any atom is 0.229 e. The number of nitrogens with zero attached hydrogens (tertiary/aromatic N) is 3. The van der Waals surface area contributed by atoms with E-state index < -0.39 is 10.0 Å². The van der Waals surface area contributed by atoms with Crippen molar-refractivity contribution in [2.75, 3.05) is 24.6 Å². The van der Waals surface area contributed by atoms with Gasteiger partial charge in [0.05, 0.1) is 17.6 Å². The normalized spacial score (nSPS) is 11.9. The number of hydrogen-bond donors (Lipinski definition) is 3. The third kappa shape index (κ3) is 6.35. The molecule has 0 atom stereocenters. The molecule has 8 nitrogen and oxygen atoms in total. The smallest absolute Gasteiger partial charge is 0.229 e. The summed E-state index contributed by atoms with van der Waals surface area (Å²) < 4.78 is 27.4. The third-order valence-corrected chi connectivity index (χ3v) is 4.98. The maximum absolute atomic E-state index is 11.5. The minimum absolute atomic E-state index is 0.441. The van der Waals surface area contributed by atoms with Crippen LogP contribution in [0.3, 0.4) is 0 Å². The number of benzene rings is 2. The van der Waals surface area contributed by atoms with Gasteiger partial charge >= 0.3 is 0 Å². The van der Waals surface area contributed by atoms with Crippen LogP contribution in [0.2, 0.25) is 0 Å². The quantitative estimate of drug-likeness (QED) is 0.379. The Labute approximate surface area is 177 Å². The summed E-state index contributed by atoms with van der Waals surface area (Å²) in [4.78, 5) is 4.23. The van der Waals surface area contributed by atoms with Crippen LogP contribution < -0.4 is 15.4 Å². The van der Waals surface area contributed by atoms with Crippen molar-refractivity contribution in [2.24, 2.45) is 4.99 Å². The first-order chi connectivity index (χ1) is 14.4. The van der Waals surface area contributed by atoms with Gasteiger partial charge < -0.3 is 10.6 Å². The van der Waals surface area contributed by atoms with E-state index in [0.29, 0.717) is 24.7 Å². The average molecular weight is 427 g/mol. The Hall–Kier alpha value is -3.33. The van der Waals surface area contributed by atoms with Gasteiger partial charge in [-0.15, -0.1) is 0 Å². The summed E-state index contributed by atoms with van der Waals surface area (Å²) >= 11 is 0. The third-order valence-electron chi connectivity index (χ3n) is 4.39. The first-order valence-electron chi connectivity index (χ1n) is 9.54. The van der Waals surface area contributed by atoms with E-state index >= 15 is 0 Å². The van der Waals surface area contributed by atoms with E-state index in [2.05, 4.69) is 37.6 Å². The molecule has 3 rings (SSSR count). The second-order valence-electron chi connectivity index (χ2n) is 6.75. The number of aromatic nitrogens is 2. The van der Waals surface area contributed by atoms with Crippen LogP contribution in [-0.4, -0.2) is 44.0 Å². The minimum atomic E-state index is -3.34. The van der Waals surface area contributed by atoms with E-state index in [9.17, 15) is 8.42 Å². The Morgan fingerprint density at radius 1 is 1.07 bits per heavy atom. The fourth-order valence-electron chi connectivity index (χ4n) is 2.94. The molecule has 0 radical (unpaired) electrons. The van der Waals surface area contributed by atoms with Crippen molar-refractivity contribution in [3.8, 4) is 5.69 Å². The zero-order valence-electron chi connectivity index (χ0n) is 17.0. The lowest BCUT2D eigenvalue weighted by Crippen LogP contribution is -2.38. The van der Waals surface area contributed by atoms with Crippen molar-refractivity contribution in [3.63, 3.8) is 0 Å². The SMILES string of the molecule is CN=C(NCCc1ccc(-n2cccn2)cc1)NCc1ccccc1NS(C)(=O)=O. The Kier molecular flexibility index (Phi) is 7.08. The Morgan fingerprint density at radius 2 is 1.83 bits per heavy atom. The fraction of sp³-hybridized carbons (Fsp3) is 0.238. The number of anilines is 1. The van der Waals surface area contributed by atoms with Crippen molar-refractivity contribution >= 4 is 21.7 Å². The second kappa shape index (κ2) is 9.93. The summed E-state index contributed by atoms with van der Waals surface area (Å²) in [6, 6.07) is 17.4. The lowest BCUT2D eigenvalue weighted by Gasteiger charge is -2.15. The molecule has 0 unspecified atom stereocenters. The topological polar surface area (TPSA) is 100 Å². The van der Waals surface area contributed by atoms with Gasteiger partial charge in [-0.3, -0.25) is 9.71 Å². The van der Waals surface area contributed by atoms with Gasteiger partial charge in [-0.1, -0.05) is 30.3 Å². The zero-order chi connectivity index (χ0) is 21.4. The molecule has 0 fully saturated rings. The van der Waals surface area contributed by atoms with E-state index in [1.165, 1.54) is 5.56 Å². The minimum Gasteiger partial charge on any atom is -0.356 e. The molecule has 30 heavy (non-hydrogen) atoms.